The van der Waals surface area contributed by atoms with E-state index in [1.807, 2.05) is 31.9 Å². The predicted octanol–water partition coefficient (Wildman–Crippen LogP) is 1.17. The van der Waals surface area contributed by atoms with Crippen molar-refractivity contribution in [3.63, 3.8) is 0 Å². The van der Waals surface area contributed by atoms with E-state index in [1.165, 1.54) is 0 Å². The van der Waals surface area contributed by atoms with E-state index in [0.717, 1.165) is 30.0 Å². The van der Waals surface area contributed by atoms with Crippen LogP contribution in [0.2, 0.25) is 0 Å². The molecule has 5 heteroatoms. The Labute approximate surface area is 127 Å². The Balaban J connectivity index is 2.16. The van der Waals surface area contributed by atoms with Crippen LogP contribution in [0, 0.1) is 13.8 Å². The highest BCUT2D eigenvalue weighted by atomic mass is 16.3. The van der Waals surface area contributed by atoms with Gasteiger partial charge in [-0.1, -0.05) is 0 Å². The van der Waals surface area contributed by atoms with Crippen LogP contribution in [-0.2, 0) is 7.05 Å². The summed E-state index contributed by atoms with van der Waals surface area (Å²) in [5.74, 6) is 0.124. The molecular formula is C16H27N3O2. The van der Waals surface area contributed by atoms with Gasteiger partial charge < -0.3 is 14.6 Å². The van der Waals surface area contributed by atoms with Crippen LogP contribution in [0.1, 0.15) is 35.6 Å². The third-order valence-corrected chi connectivity index (χ3v) is 4.75. The van der Waals surface area contributed by atoms with Crippen molar-refractivity contribution >= 4 is 5.91 Å². The number of hydrogen-bond donors (Lipinski definition) is 1. The fourth-order valence-corrected chi connectivity index (χ4v) is 3.32. The van der Waals surface area contributed by atoms with Gasteiger partial charge in [-0.25, -0.2) is 0 Å². The van der Waals surface area contributed by atoms with E-state index in [1.54, 1.807) is 0 Å². The highest BCUT2D eigenvalue weighted by Gasteiger charge is 2.32. The molecule has 0 bridgehead atoms. The fraction of sp³-hybridized carbons (Fsp3) is 0.688. The quantitative estimate of drug-likeness (QED) is 0.910. The van der Waals surface area contributed by atoms with Crippen molar-refractivity contribution in [3.05, 3.63) is 23.0 Å². The highest BCUT2D eigenvalue weighted by Crippen LogP contribution is 2.20. The number of amides is 1. The van der Waals surface area contributed by atoms with Crippen molar-refractivity contribution in [1.82, 2.24) is 14.4 Å². The maximum absolute atomic E-state index is 12.8. The lowest BCUT2D eigenvalue weighted by Crippen LogP contribution is -2.58. The summed E-state index contributed by atoms with van der Waals surface area (Å²) in [4.78, 5) is 17.0. The molecular weight excluding hydrogens is 266 g/mol. The van der Waals surface area contributed by atoms with Crippen LogP contribution in [0.3, 0.4) is 0 Å². The molecule has 1 fully saturated rings. The van der Waals surface area contributed by atoms with E-state index in [2.05, 4.69) is 23.3 Å². The highest BCUT2D eigenvalue weighted by molar-refractivity contribution is 5.95. The Morgan fingerprint density at radius 1 is 1.29 bits per heavy atom. The normalized spacial score (nSPS) is 23.6. The molecule has 2 atom stereocenters. The molecule has 0 saturated carbocycles. The van der Waals surface area contributed by atoms with E-state index in [4.69, 9.17) is 5.11 Å². The average molecular weight is 293 g/mol. The van der Waals surface area contributed by atoms with Crippen LogP contribution in [0.5, 0.6) is 0 Å². The number of β-amino-alcohol motifs (C(OH)–C–C–N with tert-alkyl or cyclic N) is 1. The molecule has 2 rings (SSSR count). The maximum atomic E-state index is 12.8. The van der Waals surface area contributed by atoms with Gasteiger partial charge in [-0.15, -0.1) is 0 Å². The lowest BCUT2D eigenvalue weighted by Gasteiger charge is -2.44. The summed E-state index contributed by atoms with van der Waals surface area (Å²) in [6.07, 6.45) is 0. The summed E-state index contributed by atoms with van der Waals surface area (Å²) in [6.45, 7) is 10.5. The van der Waals surface area contributed by atoms with Crippen molar-refractivity contribution in [2.75, 3.05) is 26.2 Å². The van der Waals surface area contributed by atoms with Crippen LogP contribution in [0.25, 0.3) is 0 Å². The number of carbonyl (C=O) groups excluding carboxylic acids is 1. The largest absolute Gasteiger partial charge is 0.395 e. The van der Waals surface area contributed by atoms with Crippen LogP contribution in [0.15, 0.2) is 6.07 Å². The number of aliphatic hydroxyl groups is 1. The zero-order valence-corrected chi connectivity index (χ0v) is 13.8. The molecule has 1 aromatic heterocycles. The van der Waals surface area contributed by atoms with Crippen LogP contribution < -0.4 is 0 Å². The average Bonchev–Trinajstić information content (AvgIpc) is 2.69. The minimum atomic E-state index is 0.124. The maximum Gasteiger partial charge on any atom is 0.255 e. The Kier molecular flexibility index (Phi) is 4.74. The third kappa shape index (κ3) is 2.99. The first kappa shape index (κ1) is 16.0. The summed E-state index contributed by atoms with van der Waals surface area (Å²) >= 11 is 0. The minimum Gasteiger partial charge on any atom is -0.395 e. The summed E-state index contributed by atoms with van der Waals surface area (Å²) in [5.41, 5.74) is 2.94. The summed E-state index contributed by atoms with van der Waals surface area (Å²) in [5, 5.41) is 9.15. The summed E-state index contributed by atoms with van der Waals surface area (Å²) < 4.78 is 2.06. The first-order chi connectivity index (χ1) is 9.86. The summed E-state index contributed by atoms with van der Waals surface area (Å²) in [6, 6.07) is 2.53. The first-order valence-corrected chi connectivity index (χ1v) is 7.65. The number of aromatic nitrogens is 1. The van der Waals surface area contributed by atoms with E-state index in [9.17, 15) is 4.79 Å². The molecule has 1 aliphatic rings. The molecule has 0 radical (unpaired) electrons. The molecule has 0 aromatic carbocycles. The van der Waals surface area contributed by atoms with Crippen LogP contribution in [0.4, 0.5) is 0 Å². The van der Waals surface area contributed by atoms with Gasteiger partial charge >= 0.3 is 0 Å². The standard InChI is InChI=1S/C16H27N3O2/c1-11-8-15(14(4)17(11)5)16(21)18-9-12(2)19(6-7-20)13(3)10-18/h8,12-13,20H,6-7,9-10H2,1-5H3/t12-,13+. The molecule has 118 valence electrons. The van der Waals surface area contributed by atoms with Crippen molar-refractivity contribution < 1.29 is 9.90 Å². The predicted molar refractivity (Wildman–Crippen MR) is 83.5 cm³/mol. The summed E-state index contributed by atoms with van der Waals surface area (Å²) in [7, 11) is 1.99. The first-order valence-electron chi connectivity index (χ1n) is 7.65. The number of hydrogen-bond acceptors (Lipinski definition) is 3. The molecule has 21 heavy (non-hydrogen) atoms. The Morgan fingerprint density at radius 2 is 1.86 bits per heavy atom. The lowest BCUT2D eigenvalue weighted by molar-refractivity contribution is 0.0236. The van der Waals surface area contributed by atoms with E-state index in [-0.39, 0.29) is 24.6 Å². The number of rotatable bonds is 3. The monoisotopic (exact) mass is 293 g/mol. The molecule has 1 aliphatic heterocycles. The van der Waals surface area contributed by atoms with Gasteiger partial charge in [-0.05, 0) is 33.8 Å². The molecule has 1 aromatic rings. The zero-order valence-electron chi connectivity index (χ0n) is 13.8. The van der Waals surface area contributed by atoms with E-state index >= 15 is 0 Å². The third-order valence-electron chi connectivity index (χ3n) is 4.75. The topological polar surface area (TPSA) is 48.7 Å². The smallest absolute Gasteiger partial charge is 0.255 e. The molecule has 0 aliphatic carbocycles. The molecule has 0 spiro atoms. The second kappa shape index (κ2) is 6.20. The molecule has 1 N–H and O–H groups in total. The van der Waals surface area contributed by atoms with Crippen LogP contribution >= 0.6 is 0 Å². The second-order valence-corrected chi connectivity index (χ2v) is 6.21. The van der Waals surface area contributed by atoms with Gasteiger partial charge in [0.2, 0.25) is 0 Å². The lowest BCUT2D eigenvalue weighted by atomic mass is 10.1. The second-order valence-electron chi connectivity index (χ2n) is 6.21. The number of piperazine rings is 1. The molecule has 1 saturated heterocycles. The molecule has 1 amide bonds. The van der Waals surface area contributed by atoms with Crippen molar-refractivity contribution in [2.24, 2.45) is 7.05 Å². The Bertz CT molecular complexity index is 512. The molecule has 2 heterocycles. The van der Waals surface area contributed by atoms with E-state index in [0.29, 0.717) is 6.54 Å². The number of nitrogens with zero attached hydrogens (tertiary/aromatic N) is 3. The number of aliphatic hydroxyl groups excluding tert-OH is 1. The number of carbonyl (C=O) groups is 1. The minimum absolute atomic E-state index is 0.124. The Morgan fingerprint density at radius 3 is 2.29 bits per heavy atom. The van der Waals surface area contributed by atoms with Gasteiger partial charge in [0.25, 0.3) is 5.91 Å². The van der Waals surface area contributed by atoms with Crippen molar-refractivity contribution in [2.45, 2.75) is 39.8 Å². The SMILES string of the molecule is Cc1cc(C(=O)N2C[C@@H](C)N(CCO)[C@@H](C)C2)c(C)n1C. The van der Waals surface area contributed by atoms with Gasteiger partial charge in [0.1, 0.15) is 0 Å². The number of aryl methyl sites for hydroxylation is 1. The Hall–Kier alpha value is -1.33. The van der Waals surface area contributed by atoms with Gasteiger partial charge in [0.05, 0.1) is 12.2 Å². The molecule has 5 nitrogen and oxygen atoms in total. The fourth-order valence-electron chi connectivity index (χ4n) is 3.32. The van der Waals surface area contributed by atoms with Gasteiger partial charge in [0, 0.05) is 50.2 Å². The van der Waals surface area contributed by atoms with E-state index < -0.39 is 0 Å². The molecule has 0 unspecified atom stereocenters. The van der Waals surface area contributed by atoms with Gasteiger partial charge in [0.15, 0.2) is 0 Å². The van der Waals surface area contributed by atoms with Crippen molar-refractivity contribution in [1.29, 1.82) is 0 Å². The van der Waals surface area contributed by atoms with Gasteiger partial charge in [-0.3, -0.25) is 9.69 Å². The zero-order chi connectivity index (χ0) is 15.7. The van der Waals surface area contributed by atoms with Gasteiger partial charge in [-0.2, -0.15) is 0 Å². The van der Waals surface area contributed by atoms with Crippen molar-refractivity contribution in [3.8, 4) is 0 Å². The van der Waals surface area contributed by atoms with Crippen LogP contribution in [-0.4, -0.2) is 63.7 Å².